The van der Waals surface area contributed by atoms with E-state index in [0.717, 1.165) is 12.1 Å². The van der Waals surface area contributed by atoms with Crippen molar-refractivity contribution in [3.63, 3.8) is 0 Å². The summed E-state index contributed by atoms with van der Waals surface area (Å²) in [6.07, 6.45) is 0.286. The molecule has 1 aromatic rings. The molecule has 0 bridgehead atoms. The van der Waals surface area contributed by atoms with Crippen LogP contribution < -0.4 is 5.73 Å². The summed E-state index contributed by atoms with van der Waals surface area (Å²) < 4.78 is 26.4. The molecule has 1 rings (SSSR count). The van der Waals surface area contributed by atoms with Crippen molar-refractivity contribution >= 4 is 11.6 Å². The van der Waals surface area contributed by atoms with Crippen LogP contribution in [0.15, 0.2) is 12.1 Å². The van der Waals surface area contributed by atoms with Crippen LogP contribution in [0.5, 0.6) is 0 Å². The molecule has 0 amide bonds. The highest BCUT2D eigenvalue weighted by Crippen LogP contribution is 2.24. The standard InChI is InChI=1S/C11H10ClF2N/c1-2-3-4-11(15)7-5-10(14)8(12)6-9(7)13/h5-6,11H,4,15H2,1H3. The number of benzene rings is 1. The van der Waals surface area contributed by atoms with Gasteiger partial charge in [0.15, 0.2) is 0 Å². The SMILES string of the molecule is CC#CCC(N)c1cc(F)c(Cl)cc1F. The maximum atomic E-state index is 13.3. The van der Waals surface area contributed by atoms with Crippen molar-refractivity contribution in [2.24, 2.45) is 5.73 Å². The van der Waals surface area contributed by atoms with E-state index in [-0.39, 0.29) is 17.0 Å². The number of rotatable bonds is 2. The van der Waals surface area contributed by atoms with Crippen molar-refractivity contribution in [1.82, 2.24) is 0 Å². The van der Waals surface area contributed by atoms with E-state index in [1.54, 1.807) is 6.92 Å². The molecular weight excluding hydrogens is 220 g/mol. The van der Waals surface area contributed by atoms with Crippen LogP contribution in [0.25, 0.3) is 0 Å². The molecule has 80 valence electrons. The van der Waals surface area contributed by atoms with E-state index in [1.807, 2.05) is 0 Å². The fourth-order valence-corrected chi connectivity index (χ4v) is 1.29. The van der Waals surface area contributed by atoms with Crippen LogP contribution in [0.1, 0.15) is 24.9 Å². The minimum atomic E-state index is -0.673. The molecular formula is C11H10ClF2N. The van der Waals surface area contributed by atoms with Crippen molar-refractivity contribution in [1.29, 1.82) is 0 Å². The fraction of sp³-hybridized carbons (Fsp3) is 0.273. The first kappa shape index (κ1) is 12.0. The first-order valence-electron chi connectivity index (χ1n) is 4.36. The van der Waals surface area contributed by atoms with Crippen LogP contribution in [-0.4, -0.2) is 0 Å². The van der Waals surface area contributed by atoms with Crippen molar-refractivity contribution in [2.45, 2.75) is 19.4 Å². The average Bonchev–Trinajstić information content (AvgIpc) is 2.20. The summed E-state index contributed by atoms with van der Waals surface area (Å²) in [4.78, 5) is 0. The predicted molar refractivity (Wildman–Crippen MR) is 56.4 cm³/mol. The maximum absolute atomic E-state index is 13.3. The molecule has 1 atom stereocenters. The largest absolute Gasteiger partial charge is 0.323 e. The zero-order valence-electron chi connectivity index (χ0n) is 8.15. The van der Waals surface area contributed by atoms with Crippen LogP contribution >= 0.6 is 11.6 Å². The zero-order chi connectivity index (χ0) is 11.4. The maximum Gasteiger partial charge on any atom is 0.142 e. The topological polar surface area (TPSA) is 26.0 Å². The van der Waals surface area contributed by atoms with Gasteiger partial charge in [-0.15, -0.1) is 11.8 Å². The summed E-state index contributed by atoms with van der Waals surface area (Å²) >= 11 is 5.41. The van der Waals surface area contributed by atoms with Gasteiger partial charge in [0.25, 0.3) is 0 Å². The first-order chi connectivity index (χ1) is 7.06. The van der Waals surface area contributed by atoms with Gasteiger partial charge >= 0.3 is 0 Å². The smallest absolute Gasteiger partial charge is 0.142 e. The molecule has 0 saturated carbocycles. The lowest BCUT2D eigenvalue weighted by atomic mass is 10.0. The molecule has 0 aromatic heterocycles. The third-order valence-electron chi connectivity index (χ3n) is 1.94. The molecule has 0 spiro atoms. The Labute approximate surface area is 92.2 Å². The Morgan fingerprint density at radius 3 is 2.67 bits per heavy atom. The highest BCUT2D eigenvalue weighted by molar-refractivity contribution is 6.30. The van der Waals surface area contributed by atoms with Gasteiger partial charge in [0, 0.05) is 18.0 Å². The van der Waals surface area contributed by atoms with E-state index in [9.17, 15) is 8.78 Å². The molecule has 0 radical (unpaired) electrons. The third-order valence-corrected chi connectivity index (χ3v) is 2.23. The molecule has 0 aliphatic heterocycles. The Bertz CT molecular complexity index is 421. The Morgan fingerprint density at radius 1 is 1.40 bits per heavy atom. The lowest BCUT2D eigenvalue weighted by molar-refractivity contribution is 0.565. The predicted octanol–water partition coefficient (Wildman–Crippen LogP) is 3.03. The van der Waals surface area contributed by atoms with Gasteiger partial charge in [0.1, 0.15) is 11.6 Å². The number of halogens is 3. The number of hydrogen-bond acceptors (Lipinski definition) is 1. The van der Waals surface area contributed by atoms with Gasteiger partial charge in [0.05, 0.1) is 5.02 Å². The normalized spacial score (nSPS) is 11.8. The fourth-order valence-electron chi connectivity index (χ4n) is 1.14. The number of nitrogens with two attached hydrogens (primary N) is 1. The molecule has 2 N–H and O–H groups in total. The Morgan fingerprint density at radius 2 is 2.07 bits per heavy atom. The van der Waals surface area contributed by atoms with Gasteiger partial charge < -0.3 is 5.73 Å². The van der Waals surface area contributed by atoms with Crippen LogP contribution in [-0.2, 0) is 0 Å². The van der Waals surface area contributed by atoms with Gasteiger partial charge in [-0.2, -0.15) is 0 Å². The van der Waals surface area contributed by atoms with Gasteiger partial charge in [-0.3, -0.25) is 0 Å². The molecule has 0 aliphatic rings. The van der Waals surface area contributed by atoms with E-state index in [4.69, 9.17) is 17.3 Å². The summed E-state index contributed by atoms with van der Waals surface area (Å²) in [6.45, 7) is 1.66. The van der Waals surface area contributed by atoms with Crippen LogP contribution in [0.4, 0.5) is 8.78 Å². The van der Waals surface area contributed by atoms with Crippen molar-refractivity contribution in [3.8, 4) is 11.8 Å². The monoisotopic (exact) mass is 229 g/mol. The van der Waals surface area contributed by atoms with E-state index in [1.165, 1.54) is 0 Å². The molecule has 1 unspecified atom stereocenters. The van der Waals surface area contributed by atoms with Crippen molar-refractivity contribution < 1.29 is 8.78 Å². The van der Waals surface area contributed by atoms with Gasteiger partial charge in [-0.1, -0.05) is 11.6 Å². The summed E-state index contributed by atoms with van der Waals surface area (Å²) in [7, 11) is 0. The third kappa shape index (κ3) is 2.92. The Hall–Kier alpha value is -1.11. The quantitative estimate of drug-likeness (QED) is 0.612. The summed E-state index contributed by atoms with van der Waals surface area (Å²) in [5, 5.41) is -0.245. The van der Waals surface area contributed by atoms with Crippen LogP contribution in [0, 0.1) is 23.5 Å². The number of hydrogen-bond donors (Lipinski definition) is 1. The molecule has 0 fully saturated rings. The molecule has 1 nitrogen and oxygen atoms in total. The molecule has 0 heterocycles. The minimum Gasteiger partial charge on any atom is -0.323 e. The van der Waals surface area contributed by atoms with E-state index in [2.05, 4.69) is 11.8 Å². The minimum absolute atomic E-state index is 0.0969. The second-order valence-corrected chi connectivity index (χ2v) is 3.43. The molecule has 15 heavy (non-hydrogen) atoms. The van der Waals surface area contributed by atoms with E-state index >= 15 is 0 Å². The van der Waals surface area contributed by atoms with Gasteiger partial charge in [-0.25, -0.2) is 8.78 Å². The average molecular weight is 230 g/mol. The van der Waals surface area contributed by atoms with Crippen LogP contribution in [0.2, 0.25) is 5.02 Å². The Kier molecular flexibility index (Phi) is 4.07. The summed E-state index contributed by atoms with van der Waals surface area (Å²) in [6, 6.07) is 1.30. The molecule has 4 heteroatoms. The van der Waals surface area contributed by atoms with Crippen LogP contribution in [0.3, 0.4) is 0 Å². The van der Waals surface area contributed by atoms with Crippen molar-refractivity contribution in [3.05, 3.63) is 34.4 Å². The first-order valence-corrected chi connectivity index (χ1v) is 4.73. The molecule has 1 aromatic carbocycles. The highest BCUT2D eigenvalue weighted by Gasteiger charge is 2.13. The molecule has 0 saturated heterocycles. The second kappa shape index (κ2) is 5.11. The molecule has 0 aliphatic carbocycles. The van der Waals surface area contributed by atoms with Gasteiger partial charge in [-0.05, 0) is 19.1 Å². The highest BCUT2D eigenvalue weighted by atomic mass is 35.5. The lowest BCUT2D eigenvalue weighted by Crippen LogP contribution is -2.11. The van der Waals surface area contributed by atoms with E-state index in [0.29, 0.717) is 0 Å². The lowest BCUT2D eigenvalue weighted by Gasteiger charge is -2.10. The Balaban J connectivity index is 3.01. The van der Waals surface area contributed by atoms with E-state index < -0.39 is 17.7 Å². The zero-order valence-corrected chi connectivity index (χ0v) is 8.91. The van der Waals surface area contributed by atoms with Crippen molar-refractivity contribution in [2.75, 3.05) is 0 Å². The van der Waals surface area contributed by atoms with Gasteiger partial charge in [0.2, 0.25) is 0 Å². The summed E-state index contributed by atoms with van der Waals surface area (Å²) in [5.74, 6) is 4.07. The summed E-state index contributed by atoms with van der Waals surface area (Å²) in [5.41, 5.74) is 5.75. The second-order valence-electron chi connectivity index (χ2n) is 3.03.